The number of nitrogens with zero attached hydrogens (tertiary/aromatic N) is 5. The number of hydrogen-bond acceptors (Lipinski definition) is 9. The highest BCUT2D eigenvalue weighted by Gasteiger charge is 2.32. The van der Waals surface area contributed by atoms with E-state index in [-0.39, 0.29) is 29.8 Å². The summed E-state index contributed by atoms with van der Waals surface area (Å²) in [4.78, 5) is 34.3. The lowest BCUT2D eigenvalue weighted by molar-refractivity contribution is 0.0514. The minimum absolute atomic E-state index is 0.100. The molecule has 0 saturated heterocycles. The molecule has 39 heavy (non-hydrogen) atoms. The molecule has 0 bridgehead atoms. The number of rotatable bonds is 9. The van der Waals surface area contributed by atoms with Gasteiger partial charge in [0.25, 0.3) is 5.56 Å². The van der Waals surface area contributed by atoms with Gasteiger partial charge in [-0.1, -0.05) is 23.7 Å². The summed E-state index contributed by atoms with van der Waals surface area (Å²) in [5.41, 5.74) is 3.52. The molecule has 1 N–H and O–H groups in total. The van der Waals surface area contributed by atoms with Gasteiger partial charge in [0, 0.05) is 29.4 Å². The van der Waals surface area contributed by atoms with E-state index in [1.165, 1.54) is 29.7 Å². The third kappa shape index (κ3) is 5.58. The Balaban J connectivity index is 1.98. The zero-order valence-electron chi connectivity index (χ0n) is 22.5. The van der Waals surface area contributed by atoms with Crippen LogP contribution in [0.2, 0.25) is 5.02 Å². The summed E-state index contributed by atoms with van der Waals surface area (Å²) in [7, 11) is 4.58. The number of nitrogens with one attached hydrogen (secondary N) is 1. The lowest BCUT2D eigenvalue weighted by atomic mass is 9.96. The second kappa shape index (κ2) is 11.6. The zero-order chi connectivity index (χ0) is 28.3. The van der Waals surface area contributed by atoms with Crippen molar-refractivity contribution in [3.63, 3.8) is 0 Å². The predicted octanol–water partition coefficient (Wildman–Crippen LogP) is 4.03. The van der Waals surface area contributed by atoms with Crippen LogP contribution in [0, 0.1) is 13.8 Å². The summed E-state index contributed by atoms with van der Waals surface area (Å²) in [6, 6.07) is 8.52. The Morgan fingerprint density at radius 2 is 1.87 bits per heavy atom. The number of anilines is 1. The summed E-state index contributed by atoms with van der Waals surface area (Å²) >= 11 is 6.19. The molecule has 0 fully saturated rings. The third-order valence-corrected chi connectivity index (χ3v) is 6.31. The van der Waals surface area contributed by atoms with E-state index in [0.717, 1.165) is 5.56 Å². The van der Waals surface area contributed by atoms with Crippen LogP contribution in [-0.2, 0) is 11.8 Å². The average Bonchev–Trinajstić information content (AvgIpc) is 3.27. The predicted molar refractivity (Wildman–Crippen MR) is 146 cm³/mol. The Morgan fingerprint density at radius 1 is 1.15 bits per heavy atom. The first-order valence-corrected chi connectivity index (χ1v) is 12.5. The van der Waals surface area contributed by atoms with Crippen LogP contribution in [0.5, 0.6) is 11.9 Å². The van der Waals surface area contributed by atoms with Gasteiger partial charge in [-0.15, -0.1) is 0 Å². The molecule has 4 rings (SSSR count). The first kappa shape index (κ1) is 27.6. The summed E-state index contributed by atoms with van der Waals surface area (Å²) in [5.74, 6) is -0.436. The van der Waals surface area contributed by atoms with Gasteiger partial charge in [0.05, 0.1) is 44.4 Å². The number of methoxy groups -OCH3 is 2. The van der Waals surface area contributed by atoms with E-state index in [0.29, 0.717) is 33.2 Å². The second-order valence-corrected chi connectivity index (χ2v) is 9.12. The number of carbonyl (C=O) groups excluding carboxylic acids is 1. The minimum atomic E-state index is -0.594. The van der Waals surface area contributed by atoms with Crippen LogP contribution >= 0.6 is 11.6 Å². The van der Waals surface area contributed by atoms with Crippen molar-refractivity contribution < 1.29 is 19.0 Å². The van der Waals surface area contributed by atoms with Crippen molar-refractivity contribution in [1.29, 1.82) is 0 Å². The van der Waals surface area contributed by atoms with E-state index in [1.807, 2.05) is 12.1 Å². The fraction of sp³-hybridized carbons (Fsp3) is 0.296. The molecule has 3 aromatic heterocycles. The molecular formula is C27H29ClN6O5. The molecule has 12 heteroatoms. The molecule has 0 radical (unpaired) electrons. The molecule has 1 unspecified atom stereocenters. The fourth-order valence-corrected chi connectivity index (χ4v) is 4.42. The topological polar surface area (TPSA) is 122 Å². The van der Waals surface area contributed by atoms with Gasteiger partial charge in [-0.3, -0.25) is 4.79 Å². The van der Waals surface area contributed by atoms with E-state index in [9.17, 15) is 9.59 Å². The normalized spacial score (nSPS) is 11.7. The van der Waals surface area contributed by atoms with Crippen LogP contribution in [0.4, 0.5) is 5.69 Å². The SMILES string of the molecule is CCOC(=O)c1c(C(Nc2cc(C)c(=O)n(C)c2)c2ccc(Cl)cc2)c(C)nn1-c1cnc(OC)nc1OC. The van der Waals surface area contributed by atoms with Gasteiger partial charge >= 0.3 is 12.0 Å². The van der Waals surface area contributed by atoms with Crippen molar-refractivity contribution in [2.45, 2.75) is 26.8 Å². The molecule has 4 aromatic rings. The van der Waals surface area contributed by atoms with Crippen LogP contribution in [-0.4, -0.2) is 51.1 Å². The van der Waals surface area contributed by atoms with Crippen LogP contribution in [0.25, 0.3) is 5.69 Å². The summed E-state index contributed by atoms with van der Waals surface area (Å²) in [5, 5.41) is 8.74. The van der Waals surface area contributed by atoms with Crippen molar-refractivity contribution >= 4 is 23.3 Å². The summed E-state index contributed by atoms with van der Waals surface area (Å²) < 4.78 is 19.0. The summed E-state index contributed by atoms with van der Waals surface area (Å²) in [6.45, 7) is 5.41. The van der Waals surface area contributed by atoms with Gasteiger partial charge in [-0.25, -0.2) is 14.5 Å². The van der Waals surface area contributed by atoms with Gasteiger partial charge in [-0.2, -0.15) is 10.1 Å². The molecule has 204 valence electrons. The number of carbonyl (C=O) groups is 1. The zero-order valence-corrected chi connectivity index (χ0v) is 23.2. The standard InChI is InChI=1S/C27H29ClN6O5/c1-7-39-26(36)23-21(16(3)32-34(23)20-13-29-27(38-6)31-24(20)37-5)22(17-8-10-18(28)11-9-17)30-19-12-15(2)25(35)33(4)14-19/h8-14,22,30H,7H2,1-6H3. The fourth-order valence-electron chi connectivity index (χ4n) is 4.29. The first-order chi connectivity index (χ1) is 18.7. The van der Waals surface area contributed by atoms with Crippen LogP contribution < -0.4 is 20.3 Å². The van der Waals surface area contributed by atoms with Gasteiger partial charge in [0.2, 0.25) is 5.88 Å². The third-order valence-electron chi connectivity index (χ3n) is 6.06. The number of aromatic nitrogens is 5. The van der Waals surface area contributed by atoms with E-state index >= 15 is 0 Å². The average molecular weight is 553 g/mol. The molecular weight excluding hydrogens is 524 g/mol. The lowest BCUT2D eigenvalue weighted by Gasteiger charge is -2.23. The van der Waals surface area contributed by atoms with Crippen LogP contribution in [0.3, 0.4) is 0 Å². The first-order valence-electron chi connectivity index (χ1n) is 12.1. The van der Waals surface area contributed by atoms with Crippen molar-refractivity contribution in [1.82, 2.24) is 24.3 Å². The monoisotopic (exact) mass is 552 g/mol. The number of benzene rings is 1. The van der Waals surface area contributed by atoms with E-state index in [1.54, 1.807) is 52.2 Å². The number of ether oxygens (including phenoxy) is 3. The molecule has 1 atom stereocenters. The number of aryl methyl sites for hydroxylation is 3. The van der Waals surface area contributed by atoms with E-state index in [2.05, 4.69) is 15.3 Å². The Hall–Kier alpha value is -4.38. The largest absolute Gasteiger partial charge is 0.479 e. The maximum Gasteiger partial charge on any atom is 0.357 e. The molecule has 1 aromatic carbocycles. The van der Waals surface area contributed by atoms with Crippen LogP contribution in [0.1, 0.15) is 45.8 Å². The number of hydrogen-bond donors (Lipinski definition) is 1. The van der Waals surface area contributed by atoms with Gasteiger partial charge in [0.1, 0.15) is 5.69 Å². The van der Waals surface area contributed by atoms with Gasteiger partial charge < -0.3 is 24.1 Å². The highest BCUT2D eigenvalue weighted by Crippen LogP contribution is 2.35. The van der Waals surface area contributed by atoms with E-state index in [4.69, 9.17) is 30.9 Å². The second-order valence-electron chi connectivity index (χ2n) is 8.69. The molecule has 0 aliphatic carbocycles. The van der Waals surface area contributed by atoms with Crippen molar-refractivity contribution in [2.24, 2.45) is 7.05 Å². The minimum Gasteiger partial charge on any atom is -0.479 e. The van der Waals surface area contributed by atoms with Crippen molar-refractivity contribution in [2.75, 3.05) is 26.1 Å². The lowest BCUT2D eigenvalue weighted by Crippen LogP contribution is -2.22. The van der Waals surface area contributed by atoms with Gasteiger partial charge in [-0.05, 0) is 44.5 Å². The van der Waals surface area contributed by atoms with Gasteiger partial charge in [0.15, 0.2) is 5.69 Å². The molecule has 11 nitrogen and oxygen atoms in total. The Kier molecular flexibility index (Phi) is 8.20. The molecule has 0 amide bonds. The smallest absolute Gasteiger partial charge is 0.357 e. The molecule has 0 spiro atoms. The molecule has 0 aliphatic heterocycles. The summed E-state index contributed by atoms with van der Waals surface area (Å²) in [6.07, 6.45) is 3.16. The maximum atomic E-state index is 13.5. The number of pyridine rings is 1. The molecule has 3 heterocycles. The van der Waals surface area contributed by atoms with Crippen LogP contribution in [0.15, 0.2) is 47.5 Å². The van der Waals surface area contributed by atoms with Crippen molar-refractivity contribution in [3.05, 3.63) is 86.2 Å². The molecule has 0 aliphatic rings. The Bertz CT molecular complexity index is 1540. The highest BCUT2D eigenvalue weighted by molar-refractivity contribution is 6.30. The van der Waals surface area contributed by atoms with Crippen molar-refractivity contribution in [3.8, 4) is 17.6 Å². The highest BCUT2D eigenvalue weighted by atomic mass is 35.5. The number of esters is 1. The van der Waals surface area contributed by atoms with E-state index < -0.39 is 12.0 Å². The maximum absolute atomic E-state index is 13.5. The molecule has 0 saturated carbocycles. The number of halogens is 1. The Morgan fingerprint density at radius 3 is 2.49 bits per heavy atom. The Labute approximate surface area is 230 Å². The quantitative estimate of drug-likeness (QED) is 0.307.